The minimum atomic E-state index is -0.291. The Morgan fingerprint density at radius 3 is 2.82 bits per heavy atom. The van der Waals surface area contributed by atoms with Crippen LogP contribution in [0.5, 0.6) is 5.75 Å². The molecule has 1 aromatic carbocycles. The lowest BCUT2D eigenvalue weighted by molar-refractivity contribution is -0.140. The average molecular weight is 449 g/mol. The van der Waals surface area contributed by atoms with Crippen molar-refractivity contribution >= 4 is 11.9 Å². The van der Waals surface area contributed by atoms with Gasteiger partial charge in [0.05, 0.1) is 38.2 Å². The predicted molar refractivity (Wildman–Crippen MR) is 124 cm³/mol. The molecular weight excluding hydrogens is 420 g/mol. The van der Waals surface area contributed by atoms with Crippen molar-refractivity contribution < 1.29 is 14.3 Å². The van der Waals surface area contributed by atoms with Gasteiger partial charge < -0.3 is 20.1 Å². The topological polar surface area (TPSA) is 107 Å². The number of carbonyl (C=O) groups excluding carboxylic acids is 1. The maximum absolute atomic E-state index is 13.0. The van der Waals surface area contributed by atoms with Gasteiger partial charge in [0, 0.05) is 31.0 Å². The van der Waals surface area contributed by atoms with Gasteiger partial charge in [0.1, 0.15) is 11.9 Å². The first-order chi connectivity index (χ1) is 16.0. The van der Waals surface area contributed by atoms with E-state index in [1.807, 2.05) is 59.3 Å². The number of hydrogen-bond acceptors (Lipinski definition) is 8. The van der Waals surface area contributed by atoms with E-state index in [1.54, 1.807) is 19.5 Å². The second-order valence-electron chi connectivity index (χ2n) is 8.00. The number of carbonyl (C=O) groups is 1. The van der Waals surface area contributed by atoms with Gasteiger partial charge in [-0.05, 0) is 36.9 Å². The highest BCUT2D eigenvalue weighted by molar-refractivity contribution is 5.78. The Hall–Kier alpha value is -3.56. The normalized spacial score (nSPS) is 16.1. The minimum absolute atomic E-state index is 0.0665. The molecule has 0 spiro atoms. The molecule has 2 N–H and O–H groups in total. The molecule has 1 unspecified atom stereocenters. The number of anilines is 1. The highest BCUT2D eigenvalue weighted by Gasteiger charge is 2.27. The molecule has 4 rings (SSSR count). The molecule has 1 aliphatic heterocycles. The van der Waals surface area contributed by atoms with Gasteiger partial charge in [0.15, 0.2) is 0 Å². The van der Waals surface area contributed by atoms with E-state index < -0.39 is 0 Å². The lowest BCUT2D eigenvalue weighted by atomic mass is 10.1. The second kappa shape index (κ2) is 10.4. The summed E-state index contributed by atoms with van der Waals surface area (Å²) in [5.74, 6) is 1.09. The van der Waals surface area contributed by atoms with Crippen LogP contribution in [0.2, 0.25) is 0 Å². The van der Waals surface area contributed by atoms with Crippen molar-refractivity contribution in [1.82, 2.24) is 24.8 Å². The summed E-state index contributed by atoms with van der Waals surface area (Å²) < 4.78 is 11.2. The van der Waals surface area contributed by atoms with Crippen LogP contribution >= 0.6 is 0 Å². The molecule has 172 valence electrons. The van der Waals surface area contributed by atoms with E-state index in [0.717, 1.165) is 28.3 Å². The van der Waals surface area contributed by atoms with Gasteiger partial charge in [-0.2, -0.15) is 0 Å². The van der Waals surface area contributed by atoms with Crippen LogP contribution in [0.1, 0.15) is 17.4 Å². The van der Waals surface area contributed by atoms with E-state index >= 15 is 0 Å². The number of benzene rings is 1. The van der Waals surface area contributed by atoms with Crippen molar-refractivity contribution in [2.45, 2.75) is 12.6 Å². The summed E-state index contributed by atoms with van der Waals surface area (Å²) >= 11 is 0. The third kappa shape index (κ3) is 5.82. The molecule has 3 aromatic rings. The van der Waals surface area contributed by atoms with E-state index in [-0.39, 0.29) is 18.0 Å². The number of pyridine rings is 1. The van der Waals surface area contributed by atoms with Crippen LogP contribution in [0.4, 0.5) is 5.95 Å². The number of aromatic nitrogens is 3. The number of nitrogens with zero attached hydrogens (tertiary/aromatic N) is 5. The number of ether oxygens (including phenoxy) is 2. The smallest absolute Gasteiger partial charge is 0.236 e. The second-order valence-corrected chi connectivity index (χ2v) is 8.00. The highest BCUT2D eigenvalue weighted by atomic mass is 16.5. The Morgan fingerprint density at radius 1 is 1.24 bits per heavy atom. The zero-order valence-corrected chi connectivity index (χ0v) is 18.8. The molecule has 1 atom stereocenters. The first-order valence-electron chi connectivity index (χ1n) is 10.8. The molecule has 1 amide bonds. The molecule has 1 aliphatic rings. The maximum atomic E-state index is 13.0. The molecule has 0 saturated carbocycles. The standard InChI is InChI=1S/C24H28N6O3/c1-29(14-17-5-3-6-19(11-17)32-2)16-23(31)30-9-10-33-22(15-30)21-8-4-7-20(28-21)18-12-26-24(25)27-13-18/h3-8,11-13,22H,9-10,14-16H2,1-2H3,(H2,25,26,27). The van der Waals surface area contributed by atoms with Gasteiger partial charge in [-0.3, -0.25) is 9.69 Å². The highest BCUT2D eigenvalue weighted by Crippen LogP contribution is 2.24. The van der Waals surface area contributed by atoms with Gasteiger partial charge in [-0.15, -0.1) is 0 Å². The largest absolute Gasteiger partial charge is 0.497 e. The molecule has 9 nitrogen and oxygen atoms in total. The molecule has 3 heterocycles. The zero-order chi connectivity index (χ0) is 23.2. The number of rotatable bonds is 7. The van der Waals surface area contributed by atoms with Crippen molar-refractivity contribution in [3.8, 4) is 17.0 Å². The molecule has 1 saturated heterocycles. The van der Waals surface area contributed by atoms with Crippen LogP contribution in [-0.2, 0) is 16.1 Å². The van der Waals surface area contributed by atoms with E-state index in [4.69, 9.17) is 20.2 Å². The summed E-state index contributed by atoms with van der Waals surface area (Å²) in [6, 6.07) is 13.6. The molecule has 2 aromatic heterocycles. The van der Waals surface area contributed by atoms with Crippen LogP contribution in [0.25, 0.3) is 11.3 Å². The third-order valence-electron chi connectivity index (χ3n) is 5.48. The monoisotopic (exact) mass is 448 g/mol. The van der Waals surface area contributed by atoms with Gasteiger partial charge in [0.25, 0.3) is 0 Å². The Bertz CT molecular complexity index is 1090. The summed E-state index contributed by atoms with van der Waals surface area (Å²) in [5, 5.41) is 0. The van der Waals surface area contributed by atoms with Crippen molar-refractivity contribution in [1.29, 1.82) is 0 Å². The molecule has 0 bridgehead atoms. The number of likely N-dealkylation sites (N-methyl/N-ethyl adjacent to an activating group) is 1. The predicted octanol–water partition coefficient (Wildman–Crippen LogP) is 2.16. The lowest BCUT2D eigenvalue weighted by Gasteiger charge is -2.33. The average Bonchev–Trinajstić information content (AvgIpc) is 2.84. The first-order valence-corrected chi connectivity index (χ1v) is 10.8. The quantitative estimate of drug-likeness (QED) is 0.586. The van der Waals surface area contributed by atoms with Gasteiger partial charge in [-0.1, -0.05) is 18.2 Å². The minimum Gasteiger partial charge on any atom is -0.497 e. The van der Waals surface area contributed by atoms with Crippen molar-refractivity contribution in [3.05, 3.63) is 66.1 Å². The number of hydrogen-bond donors (Lipinski definition) is 1. The molecule has 1 fully saturated rings. The van der Waals surface area contributed by atoms with Crippen LogP contribution in [-0.4, -0.2) is 71.1 Å². The molecule has 9 heteroatoms. The summed E-state index contributed by atoms with van der Waals surface area (Å²) in [4.78, 5) is 29.6. The van der Waals surface area contributed by atoms with Crippen LogP contribution < -0.4 is 10.5 Å². The van der Waals surface area contributed by atoms with Crippen LogP contribution in [0.15, 0.2) is 54.9 Å². The Morgan fingerprint density at radius 2 is 2.03 bits per heavy atom. The summed E-state index contributed by atoms with van der Waals surface area (Å²) in [7, 11) is 3.59. The summed E-state index contributed by atoms with van der Waals surface area (Å²) in [6.07, 6.45) is 3.00. The fourth-order valence-corrected chi connectivity index (χ4v) is 3.79. The van der Waals surface area contributed by atoms with E-state index in [2.05, 4.69) is 9.97 Å². The number of amides is 1. The fourth-order valence-electron chi connectivity index (χ4n) is 3.79. The van der Waals surface area contributed by atoms with Gasteiger partial charge in [0.2, 0.25) is 11.9 Å². The molecule has 33 heavy (non-hydrogen) atoms. The van der Waals surface area contributed by atoms with Crippen LogP contribution in [0, 0.1) is 0 Å². The molecule has 0 aliphatic carbocycles. The zero-order valence-electron chi connectivity index (χ0n) is 18.8. The van der Waals surface area contributed by atoms with Crippen LogP contribution in [0.3, 0.4) is 0 Å². The molecule has 0 radical (unpaired) electrons. The SMILES string of the molecule is COc1cccc(CN(C)CC(=O)N2CCOC(c3cccc(-c4cnc(N)nc4)n3)C2)c1. The van der Waals surface area contributed by atoms with Crippen molar-refractivity contribution in [2.75, 3.05) is 46.1 Å². The Balaban J connectivity index is 1.38. The van der Waals surface area contributed by atoms with E-state index in [1.165, 1.54) is 0 Å². The van der Waals surface area contributed by atoms with Crippen molar-refractivity contribution in [2.24, 2.45) is 0 Å². The van der Waals surface area contributed by atoms with Gasteiger partial charge in [-0.25, -0.2) is 15.0 Å². The molecular formula is C24H28N6O3. The third-order valence-corrected chi connectivity index (χ3v) is 5.48. The fraction of sp³-hybridized carbons (Fsp3) is 0.333. The summed E-state index contributed by atoms with van der Waals surface area (Å²) in [6.45, 7) is 2.46. The Labute approximate surface area is 193 Å². The van der Waals surface area contributed by atoms with E-state index in [0.29, 0.717) is 32.8 Å². The van der Waals surface area contributed by atoms with Crippen molar-refractivity contribution in [3.63, 3.8) is 0 Å². The maximum Gasteiger partial charge on any atom is 0.236 e. The number of nitrogen functional groups attached to an aromatic ring is 1. The Kier molecular flexibility index (Phi) is 7.11. The number of morpholine rings is 1. The number of methoxy groups -OCH3 is 1. The first kappa shape index (κ1) is 22.6. The number of nitrogens with two attached hydrogens (primary N) is 1. The summed E-state index contributed by atoms with van der Waals surface area (Å²) in [5.41, 5.74) is 8.95. The lowest BCUT2D eigenvalue weighted by Crippen LogP contribution is -2.46. The van der Waals surface area contributed by atoms with Gasteiger partial charge >= 0.3 is 0 Å². The van der Waals surface area contributed by atoms with E-state index in [9.17, 15) is 4.79 Å².